The monoisotopic (exact) mass is 1130 g/mol. The highest BCUT2D eigenvalue weighted by molar-refractivity contribution is 9.11. The number of hydrogen-bond acceptors (Lipinski definition) is 20. The predicted octanol–water partition coefficient (Wildman–Crippen LogP) is 8.89. The Labute approximate surface area is 442 Å². The van der Waals surface area contributed by atoms with Crippen molar-refractivity contribution < 1.29 is 32.1 Å². The number of carbonyl (C=O) groups excluding carboxylic acids is 2. The van der Waals surface area contributed by atoms with Crippen LogP contribution in [-0.4, -0.2) is 119 Å². The van der Waals surface area contributed by atoms with Crippen LogP contribution >= 0.6 is 49.9 Å². The van der Waals surface area contributed by atoms with Crippen LogP contribution in [0.15, 0.2) is 57.2 Å². The van der Waals surface area contributed by atoms with Crippen molar-refractivity contribution in [2.45, 2.75) is 129 Å². The van der Waals surface area contributed by atoms with Crippen molar-refractivity contribution in [1.29, 1.82) is 0 Å². The molecule has 0 aromatic carbocycles. The van der Waals surface area contributed by atoms with Crippen LogP contribution in [0.2, 0.25) is 0 Å². The first-order chi connectivity index (χ1) is 34.6. The molecule has 0 unspecified atom stereocenters. The van der Waals surface area contributed by atoms with Gasteiger partial charge in [0.1, 0.15) is 33.5 Å². The van der Waals surface area contributed by atoms with E-state index in [9.17, 15) is 22.8 Å². The third-order valence-electron chi connectivity index (χ3n) is 12.6. The van der Waals surface area contributed by atoms with Crippen molar-refractivity contribution in [3.63, 3.8) is 0 Å². The summed E-state index contributed by atoms with van der Waals surface area (Å²) in [5, 5.41) is 12.3. The largest absolute Gasteiger partial charge is 0.498 e. The quantitative estimate of drug-likeness (QED) is 0.121. The third-order valence-corrected chi connectivity index (χ3v) is 15.7. The van der Waals surface area contributed by atoms with Crippen LogP contribution in [0.4, 0.5) is 48.5 Å². The van der Waals surface area contributed by atoms with Crippen molar-refractivity contribution in [2.24, 2.45) is 0 Å². The molecule has 0 saturated carbocycles. The summed E-state index contributed by atoms with van der Waals surface area (Å²) in [7, 11) is -0.624. The Hall–Kier alpha value is -5.48. The molecule has 3 atom stereocenters. The lowest BCUT2D eigenvalue weighted by Crippen LogP contribution is -2.42. The van der Waals surface area contributed by atoms with Crippen LogP contribution in [0.1, 0.15) is 93.9 Å². The number of halogens is 4. The summed E-state index contributed by atoms with van der Waals surface area (Å²) in [5.41, 5.74) is 7.02. The second kappa shape index (κ2) is 23.8. The second-order valence-electron chi connectivity index (χ2n) is 18.7. The van der Waals surface area contributed by atoms with Gasteiger partial charge in [0.05, 0.1) is 11.2 Å². The van der Waals surface area contributed by atoms with E-state index < -0.39 is 30.5 Å². The van der Waals surface area contributed by atoms with Crippen LogP contribution < -0.4 is 36.5 Å². The van der Waals surface area contributed by atoms with E-state index in [1.54, 1.807) is 17.8 Å². The second-order valence-corrected chi connectivity index (χ2v) is 22.5. The van der Waals surface area contributed by atoms with Crippen LogP contribution in [0.25, 0.3) is 21.1 Å². The Morgan fingerprint density at radius 1 is 0.671 bits per heavy atom. The van der Waals surface area contributed by atoms with Crippen molar-refractivity contribution in [3.05, 3.63) is 57.2 Å². The van der Waals surface area contributed by atoms with Crippen LogP contribution in [0, 0.1) is 0 Å². The van der Waals surface area contributed by atoms with Crippen LogP contribution in [-0.2, 0) is 18.9 Å². The number of amides is 2. The van der Waals surface area contributed by atoms with Gasteiger partial charge in [-0.25, -0.2) is 44.9 Å². The standard InChI is InChI=1S/C15H21BF3N3O2.C14H17N5OS.C12H15N5S.C5H5BrN2OS/c1-13(2)14(3,4)24-16(23-13)10-8-20-12(21-9-10)22-7-5-6-11(22)15(17,18)19;1-9-4-3-5-19(9)14-15-6-11(7-16-14)13-18-12(8-21-13)17-10(2)20;1-8-3-2-4-17(8)12-14-5-9(6-15-12)11-16-10(13)7-18-11;1-3(9)7-4-2-10-5(6)8-4/h8-9,11H,5-7H2,1-4H3;6-9H,3-5H2,1-2H3,(H,17,20);5-8H,2-4,13H2,1H3;2H,1H3,(H,7,9)/t11-;9-;8-;/m100./s1. The molecule has 4 aliphatic rings. The normalized spacial score (nSPS) is 19.9. The van der Waals surface area contributed by atoms with Gasteiger partial charge < -0.3 is 40.4 Å². The minimum absolute atomic E-state index is 0.0752. The zero-order valence-electron chi connectivity index (χ0n) is 41.7. The lowest BCUT2D eigenvalue weighted by Gasteiger charge is -2.32. The molecule has 19 nitrogen and oxygen atoms in total. The van der Waals surface area contributed by atoms with Crippen molar-refractivity contribution in [3.8, 4) is 21.1 Å². The Balaban J connectivity index is 0.000000148. The lowest BCUT2D eigenvalue weighted by molar-refractivity contribution is -0.146. The fourth-order valence-electron chi connectivity index (χ4n) is 8.10. The number of nitrogen functional groups attached to an aromatic ring is 1. The maximum Gasteiger partial charge on any atom is 0.498 e. The molecule has 0 bridgehead atoms. The zero-order valence-corrected chi connectivity index (χ0v) is 45.7. The predicted molar refractivity (Wildman–Crippen MR) is 285 cm³/mol. The SMILES string of the molecule is CC(=O)Nc1csc(-c2cnc(N3CCC[C@@H]3C)nc2)n1.CC(=O)Nc1csc(Br)n1.CC1(C)OB(c2cnc(N3CCC[C@@H]3C(F)(F)F)nc2)OC1(C)C.C[C@H]1CCCN1c1ncc(-c2nc(N)cs2)cn1. The molecular weight excluding hydrogens is 1070 g/mol. The van der Waals surface area contributed by atoms with Crippen LogP contribution in [0.5, 0.6) is 0 Å². The number of carbonyl (C=O) groups is 2. The van der Waals surface area contributed by atoms with E-state index >= 15 is 0 Å². The van der Waals surface area contributed by atoms with Crippen molar-refractivity contribution >= 4 is 110 Å². The molecule has 4 N–H and O–H groups in total. The van der Waals surface area contributed by atoms with Gasteiger partial charge in [0, 0.05) is 115 Å². The molecule has 0 spiro atoms. The minimum atomic E-state index is -4.27. The van der Waals surface area contributed by atoms with Gasteiger partial charge in [0.15, 0.2) is 3.92 Å². The average molecular weight is 1130 g/mol. The molecule has 0 radical (unpaired) electrons. The number of nitrogens with zero attached hydrogens (tertiary/aromatic N) is 12. The smallest absolute Gasteiger partial charge is 0.399 e. The van der Waals surface area contributed by atoms with Gasteiger partial charge >= 0.3 is 13.3 Å². The van der Waals surface area contributed by atoms with Gasteiger partial charge in [-0.15, -0.1) is 34.0 Å². The highest BCUT2D eigenvalue weighted by atomic mass is 79.9. The van der Waals surface area contributed by atoms with Crippen molar-refractivity contribution in [1.82, 2.24) is 44.9 Å². The maximum absolute atomic E-state index is 13.1. The number of aromatic nitrogens is 9. The molecule has 6 aromatic heterocycles. The summed E-state index contributed by atoms with van der Waals surface area (Å²) in [5.74, 6) is 3.18. The molecule has 390 valence electrons. The lowest BCUT2D eigenvalue weighted by atomic mass is 9.81. The van der Waals surface area contributed by atoms with Gasteiger partial charge in [-0.2, -0.15) is 13.2 Å². The van der Waals surface area contributed by atoms with E-state index in [0.717, 1.165) is 50.0 Å². The number of hydrogen-bond donors (Lipinski definition) is 3. The fourth-order valence-corrected chi connectivity index (χ4v) is 10.5. The molecule has 10 rings (SSSR count). The number of rotatable bonds is 8. The molecule has 4 fully saturated rings. The number of alkyl halides is 3. The van der Waals surface area contributed by atoms with Gasteiger partial charge in [-0.3, -0.25) is 9.59 Å². The summed E-state index contributed by atoms with van der Waals surface area (Å²) in [6.45, 7) is 17.4. The van der Waals surface area contributed by atoms with Gasteiger partial charge in [0.2, 0.25) is 29.7 Å². The molecule has 27 heteroatoms. The molecule has 73 heavy (non-hydrogen) atoms. The molecule has 2 amide bonds. The molecule has 4 aliphatic heterocycles. The minimum Gasteiger partial charge on any atom is -0.399 e. The summed E-state index contributed by atoms with van der Waals surface area (Å²) < 4.78 is 51.7. The number of thiazole rings is 3. The molecule has 4 saturated heterocycles. The highest BCUT2D eigenvalue weighted by Crippen LogP contribution is 2.37. The Bertz CT molecular complexity index is 2750. The van der Waals surface area contributed by atoms with Gasteiger partial charge in [0.25, 0.3) is 0 Å². The van der Waals surface area contributed by atoms with E-state index in [-0.39, 0.29) is 24.2 Å². The fraction of sp³-hybridized carbons (Fsp3) is 0.500. The first-order valence-corrected chi connectivity index (χ1v) is 27.0. The number of anilines is 6. The molecule has 10 heterocycles. The first-order valence-electron chi connectivity index (χ1n) is 23.6. The van der Waals surface area contributed by atoms with E-state index in [4.69, 9.17) is 15.0 Å². The third kappa shape index (κ3) is 14.4. The van der Waals surface area contributed by atoms with E-state index in [2.05, 4.69) is 95.1 Å². The van der Waals surface area contributed by atoms with E-state index in [1.807, 2.05) is 50.8 Å². The Morgan fingerprint density at radius 2 is 1.10 bits per heavy atom. The summed E-state index contributed by atoms with van der Waals surface area (Å²) >= 11 is 7.59. The van der Waals surface area contributed by atoms with Gasteiger partial charge in [-0.05, 0) is 96.0 Å². The molecular formula is C46H58BBrF3N15O4S3. The van der Waals surface area contributed by atoms with Crippen molar-refractivity contribution in [2.75, 3.05) is 50.7 Å². The van der Waals surface area contributed by atoms with Gasteiger partial charge in [-0.1, -0.05) is 0 Å². The van der Waals surface area contributed by atoms with E-state index in [0.29, 0.717) is 48.0 Å². The van der Waals surface area contributed by atoms with Crippen LogP contribution in [0.3, 0.4) is 0 Å². The number of nitrogens with one attached hydrogen (secondary N) is 2. The Kier molecular flexibility index (Phi) is 18.0. The number of nitrogens with two attached hydrogens (primary N) is 1. The zero-order chi connectivity index (χ0) is 52.7. The summed E-state index contributed by atoms with van der Waals surface area (Å²) in [6, 6.07) is -0.478. The molecule has 6 aromatic rings. The van der Waals surface area contributed by atoms with E-state index in [1.165, 1.54) is 90.8 Å². The average Bonchev–Trinajstić information content (AvgIpc) is 4.21. The molecule has 0 aliphatic carbocycles. The summed E-state index contributed by atoms with van der Waals surface area (Å²) in [4.78, 5) is 65.7. The Morgan fingerprint density at radius 3 is 1.52 bits per heavy atom. The topological polar surface area (TPSA) is 228 Å². The maximum atomic E-state index is 13.1. The first kappa shape index (κ1) is 55.3. The summed E-state index contributed by atoms with van der Waals surface area (Å²) in [6.07, 6.45) is 11.3. The highest BCUT2D eigenvalue weighted by Gasteiger charge is 2.52.